The average molecular weight is 903 g/mol. The lowest BCUT2D eigenvalue weighted by molar-refractivity contribution is -0.343. The zero-order valence-electron chi connectivity index (χ0n) is 23.4. The lowest BCUT2D eigenvalue weighted by Crippen LogP contribution is -2.67. The molecule has 10 atom stereocenters. The zero-order chi connectivity index (χ0) is 39.8. The van der Waals surface area contributed by atoms with E-state index >= 15 is 0 Å². The summed E-state index contributed by atoms with van der Waals surface area (Å²) in [4.78, 5) is 0. The molecule has 0 aromatic carbocycles. The molecular weight excluding hydrogens is 881 g/mol. The van der Waals surface area contributed by atoms with Gasteiger partial charge in [-0.3, -0.25) is 31.9 Å². The summed E-state index contributed by atoms with van der Waals surface area (Å²) >= 11 is 0. The molecule has 2 saturated heterocycles. The van der Waals surface area contributed by atoms with Gasteiger partial charge in [-0.2, -0.15) is 58.9 Å². The van der Waals surface area contributed by atoms with Crippen molar-refractivity contribution in [3.05, 3.63) is 0 Å². The fourth-order valence-electron chi connectivity index (χ4n) is 4.02. The molecule has 0 unspecified atom stereocenters. The van der Waals surface area contributed by atoms with Gasteiger partial charge in [0.25, 0.3) is 0 Å². The maximum absolute atomic E-state index is 11.7. The highest BCUT2D eigenvalue weighted by Crippen LogP contribution is 2.36. The normalized spacial score (nSPS) is 32.1. The van der Waals surface area contributed by atoms with Gasteiger partial charge in [0.2, 0.25) is 0 Å². The number of rotatable bonds is 18. The summed E-state index contributed by atoms with van der Waals surface area (Å²) in [5.41, 5.74) is 0. The van der Waals surface area contributed by atoms with Crippen LogP contribution in [0.2, 0.25) is 0 Å². The quantitative estimate of drug-likeness (QED) is 0.0593. The second kappa shape index (κ2) is 16.3. The first-order valence-electron chi connectivity index (χ1n) is 11.7. The Bertz CT molecular complexity index is 2000. The monoisotopic (exact) mass is 902 g/mol. The smallest absolute Gasteiger partial charge is 0.366 e. The summed E-state index contributed by atoms with van der Waals surface area (Å²) in [7, 11) is -41.2. The highest BCUT2D eigenvalue weighted by molar-refractivity contribution is 7.82. The molecule has 0 amide bonds. The molecule has 32 nitrogen and oxygen atoms in total. The summed E-state index contributed by atoms with van der Waals surface area (Å²) in [6, 6.07) is 0. The van der Waals surface area contributed by atoms with Crippen molar-refractivity contribution in [2.75, 3.05) is 13.2 Å². The van der Waals surface area contributed by atoms with E-state index in [1.165, 1.54) is 0 Å². The maximum Gasteiger partial charge on any atom is 0.397 e. The molecule has 2 fully saturated rings. The van der Waals surface area contributed by atoms with Crippen molar-refractivity contribution >= 4 is 72.8 Å². The summed E-state index contributed by atoms with van der Waals surface area (Å²) in [5.74, 6) is 0. The number of aliphatic hydroxyl groups is 1. The number of ether oxygens (including phenoxy) is 3. The number of hydrogen-bond acceptors (Lipinski definition) is 25. The van der Waals surface area contributed by atoms with Gasteiger partial charge >= 0.3 is 72.8 Å². The topological polar surface area (TPSA) is 493 Å². The lowest BCUT2D eigenvalue weighted by Gasteiger charge is -2.47. The lowest BCUT2D eigenvalue weighted by atomic mass is 9.97. The van der Waals surface area contributed by atoms with Crippen LogP contribution in [0.15, 0.2) is 0 Å². The molecule has 0 bridgehead atoms. The average Bonchev–Trinajstić information content (AvgIpc) is 2.84. The first-order chi connectivity index (χ1) is 22.5. The van der Waals surface area contributed by atoms with Crippen LogP contribution in [0.25, 0.3) is 0 Å². The van der Waals surface area contributed by atoms with Crippen molar-refractivity contribution < 1.29 is 139 Å². The Hall–Kier alpha value is -1.07. The third kappa shape index (κ3) is 16.9. The van der Waals surface area contributed by atoms with Crippen LogP contribution in [0.3, 0.4) is 0 Å². The van der Waals surface area contributed by atoms with E-state index in [9.17, 15) is 86.8 Å². The van der Waals surface area contributed by atoms with Crippen molar-refractivity contribution in [2.45, 2.75) is 61.4 Å². The second-order valence-corrected chi connectivity index (χ2v) is 16.5. The fourth-order valence-corrected chi connectivity index (χ4v) is 7.12. The minimum Gasteiger partial charge on any atom is -0.366 e. The first kappa shape index (κ1) is 46.1. The summed E-state index contributed by atoms with van der Waals surface area (Å²) < 4.78 is 269. The predicted octanol–water partition coefficient (Wildman–Crippen LogP) is -6.61. The van der Waals surface area contributed by atoms with E-state index in [0.29, 0.717) is 0 Å². The molecule has 0 aromatic rings. The van der Waals surface area contributed by atoms with Crippen molar-refractivity contribution in [3.8, 4) is 0 Å². The SMILES string of the molecule is O=S(=O)(O)OC[C@H]1O[C@H](O[C@@H]2[C@H](OS(=O)(=O)O)[C@@H](O)O[C@H](COS(=O)(=O)O)[C@H]2OS(=O)(=O)O)[C@@H](OS(=O)(=O)O)[C@@H](OS(=O)(=O)O)[C@@H]1OS(=O)(=O)O. The second-order valence-electron chi connectivity index (χ2n) is 9.08. The molecule has 2 rings (SSSR count). The largest absolute Gasteiger partial charge is 0.397 e. The van der Waals surface area contributed by atoms with Crippen LogP contribution in [0.5, 0.6) is 0 Å². The molecule has 304 valence electrons. The van der Waals surface area contributed by atoms with E-state index in [2.05, 4.69) is 34.0 Å². The van der Waals surface area contributed by atoms with E-state index in [1.807, 2.05) is 0 Å². The van der Waals surface area contributed by atoms with Crippen LogP contribution in [0, 0.1) is 0 Å². The van der Waals surface area contributed by atoms with Crippen LogP contribution >= 0.6 is 0 Å². The van der Waals surface area contributed by atoms with Gasteiger partial charge in [0, 0.05) is 0 Å². The minimum absolute atomic E-state index is 1.71. The molecule has 51 heavy (non-hydrogen) atoms. The van der Waals surface area contributed by atoms with Gasteiger partial charge in [0.1, 0.15) is 36.6 Å². The Kier molecular flexibility index (Phi) is 14.8. The van der Waals surface area contributed by atoms with Gasteiger partial charge in [-0.1, -0.05) is 0 Å². The zero-order valence-corrected chi connectivity index (χ0v) is 29.1. The fraction of sp³-hybridized carbons (Fsp3) is 1.00. The minimum atomic E-state index is -6.11. The van der Waals surface area contributed by atoms with Crippen LogP contribution < -0.4 is 0 Å². The Balaban J connectivity index is 2.92. The van der Waals surface area contributed by atoms with Crippen molar-refractivity contribution in [3.63, 3.8) is 0 Å². The first-order valence-corrected chi connectivity index (χ1v) is 21.2. The third-order valence-corrected chi connectivity index (χ3v) is 8.61. The predicted molar refractivity (Wildman–Crippen MR) is 142 cm³/mol. The molecule has 2 aliphatic heterocycles. The molecule has 0 aromatic heterocycles. The van der Waals surface area contributed by atoms with Crippen LogP contribution in [0.4, 0.5) is 0 Å². The Morgan fingerprint density at radius 1 is 0.392 bits per heavy atom. The van der Waals surface area contributed by atoms with Gasteiger partial charge in [0.05, 0.1) is 13.2 Å². The van der Waals surface area contributed by atoms with Gasteiger partial charge in [0.15, 0.2) is 24.8 Å². The van der Waals surface area contributed by atoms with E-state index in [4.69, 9.17) is 18.6 Å². The standard InChI is InChI=1S/C12H22O32S7/c13-11-9(43-50(29,30)31)7(5(40-47(20,21)22)3(37-11)1-35-45(14,15)16)39-12-10(44-51(32,33)34)8(42-49(26,27)28)6(41-48(23,24)25)4(38-12)2-36-46(17,18)19/h3-13H,1-2H2,(H,14,15,16)(H,17,18,19)(H,20,21,22)(H,23,24,25)(H,26,27,28)(H,29,30,31)(H,32,33,34)/t3-,4-,5-,6-,7+,8+,9+,10+,11+,12-/m1/s1. The summed E-state index contributed by atoms with van der Waals surface area (Å²) in [6.07, 6.45) is -30.3. The Morgan fingerprint density at radius 3 is 1.08 bits per heavy atom. The van der Waals surface area contributed by atoms with Gasteiger partial charge < -0.3 is 19.3 Å². The van der Waals surface area contributed by atoms with E-state index in [1.54, 1.807) is 0 Å². The highest BCUT2D eigenvalue weighted by atomic mass is 32.3. The Labute approximate surface area is 286 Å². The van der Waals surface area contributed by atoms with E-state index in [0.717, 1.165) is 0 Å². The molecule has 0 radical (unpaired) electrons. The van der Waals surface area contributed by atoms with Gasteiger partial charge in [-0.25, -0.2) is 29.3 Å². The van der Waals surface area contributed by atoms with E-state index in [-0.39, 0.29) is 0 Å². The molecule has 0 saturated carbocycles. The number of hydrogen-bond donors (Lipinski definition) is 8. The third-order valence-electron chi connectivity index (χ3n) is 5.42. The Morgan fingerprint density at radius 2 is 0.706 bits per heavy atom. The maximum atomic E-state index is 11.7. The summed E-state index contributed by atoms with van der Waals surface area (Å²) in [6.45, 7) is -3.57. The van der Waals surface area contributed by atoms with Crippen molar-refractivity contribution in [1.29, 1.82) is 0 Å². The summed E-state index contributed by atoms with van der Waals surface area (Å²) in [5, 5.41) is 10.4. The molecular formula is C12H22O32S7. The van der Waals surface area contributed by atoms with Crippen LogP contribution in [-0.2, 0) is 116 Å². The molecule has 2 heterocycles. The van der Waals surface area contributed by atoms with E-state index < -0.39 is 147 Å². The molecule has 0 aliphatic carbocycles. The van der Waals surface area contributed by atoms with Crippen LogP contribution in [-0.4, -0.2) is 171 Å². The molecule has 8 N–H and O–H groups in total. The van der Waals surface area contributed by atoms with Gasteiger partial charge in [-0.05, 0) is 0 Å². The van der Waals surface area contributed by atoms with Crippen molar-refractivity contribution in [1.82, 2.24) is 0 Å². The molecule has 2 aliphatic rings. The van der Waals surface area contributed by atoms with Crippen LogP contribution in [0.1, 0.15) is 0 Å². The van der Waals surface area contributed by atoms with Gasteiger partial charge in [-0.15, -0.1) is 0 Å². The number of aliphatic hydroxyl groups excluding tert-OH is 1. The van der Waals surface area contributed by atoms with Crippen molar-refractivity contribution in [2.24, 2.45) is 0 Å². The highest BCUT2D eigenvalue weighted by Gasteiger charge is 2.58. The molecule has 39 heteroatoms. The molecule has 0 spiro atoms.